The van der Waals surface area contributed by atoms with Gasteiger partial charge in [0.2, 0.25) is 0 Å². The van der Waals surface area contributed by atoms with Crippen LogP contribution in [-0.4, -0.2) is 47.8 Å². The molecular weight excluding hydrogens is 346 g/mol. The molecular formula is C20H29N3O4. The maximum Gasteiger partial charge on any atom is 0.409 e. The van der Waals surface area contributed by atoms with Gasteiger partial charge >= 0.3 is 12.2 Å². The number of ether oxygens (including phenoxy) is 2. The third-order valence-electron chi connectivity index (χ3n) is 5.45. The zero-order valence-corrected chi connectivity index (χ0v) is 16.0. The van der Waals surface area contributed by atoms with Gasteiger partial charge in [-0.1, -0.05) is 6.07 Å². The van der Waals surface area contributed by atoms with Gasteiger partial charge in [-0.25, -0.2) is 9.59 Å². The molecule has 0 spiro atoms. The summed E-state index contributed by atoms with van der Waals surface area (Å²) < 4.78 is 10.8. The lowest BCUT2D eigenvalue weighted by atomic mass is 9.86. The zero-order valence-electron chi connectivity index (χ0n) is 16.0. The molecule has 2 amide bonds. The van der Waals surface area contributed by atoms with Gasteiger partial charge in [0.05, 0.1) is 6.61 Å². The van der Waals surface area contributed by atoms with Crippen LogP contribution in [0.15, 0.2) is 18.3 Å². The second-order valence-corrected chi connectivity index (χ2v) is 7.46. The molecule has 2 fully saturated rings. The number of pyridine rings is 1. The number of rotatable bonds is 5. The summed E-state index contributed by atoms with van der Waals surface area (Å²) in [5.74, 6) is 0.378. The topological polar surface area (TPSA) is 80.8 Å². The Morgan fingerprint density at radius 1 is 1.19 bits per heavy atom. The second kappa shape index (κ2) is 9.58. The number of aryl methyl sites for hydroxylation is 1. The summed E-state index contributed by atoms with van der Waals surface area (Å²) in [6, 6.07) is 3.86. The number of alkyl carbamates (subject to hydrolysis) is 1. The highest BCUT2D eigenvalue weighted by Crippen LogP contribution is 2.25. The summed E-state index contributed by atoms with van der Waals surface area (Å²) in [5, 5.41) is 2.94. The first-order valence-electron chi connectivity index (χ1n) is 9.87. The van der Waals surface area contributed by atoms with Crippen LogP contribution in [0, 0.1) is 12.8 Å². The lowest BCUT2D eigenvalue weighted by molar-refractivity contribution is 0.0831. The minimum atomic E-state index is -0.387. The SMILES string of the molecule is Cc1ncccc1COC(=O)NC1CCC(COC(=O)N2CCCC2)CC1. The van der Waals surface area contributed by atoms with Gasteiger partial charge in [0.1, 0.15) is 6.61 Å². The molecule has 1 saturated carbocycles. The predicted molar refractivity (Wildman–Crippen MR) is 100 cm³/mol. The molecule has 1 aromatic heterocycles. The fourth-order valence-corrected chi connectivity index (χ4v) is 3.68. The first kappa shape index (κ1) is 19.5. The van der Waals surface area contributed by atoms with Crippen molar-refractivity contribution in [3.63, 3.8) is 0 Å². The first-order chi connectivity index (χ1) is 13.1. The molecule has 0 atom stereocenters. The normalized spacial score (nSPS) is 22.3. The Bertz CT molecular complexity index is 638. The van der Waals surface area contributed by atoms with E-state index in [-0.39, 0.29) is 24.8 Å². The number of hydrogen-bond donors (Lipinski definition) is 1. The largest absolute Gasteiger partial charge is 0.449 e. The highest BCUT2D eigenvalue weighted by atomic mass is 16.6. The molecule has 2 heterocycles. The minimum Gasteiger partial charge on any atom is -0.449 e. The van der Waals surface area contributed by atoms with Crippen molar-refractivity contribution < 1.29 is 19.1 Å². The van der Waals surface area contributed by atoms with Crippen LogP contribution in [-0.2, 0) is 16.1 Å². The van der Waals surface area contributed by atoms with E-state index in [1.165, 1.54) is 0 Å². The maximum atomic E-state index is 12.0. The van der Waals surface area contributed by atoms with Crippen LogP contribution in [0.1, 0.15) is 49.8 Å². The lowest BCUT2D eigenvalue weighted by Gasteiger charge is -2.29. The van der Waals surface area contributed by atoms with Crippen LogP contribution in [0.5, 0.6) is 0 Å². The van der Waals surface area contributed by atoms with Gasteiger partial charge in [0.25, 0.3) is 0 Å². The van der Waals surface area contributed by atoms with Gasteiger partial charge in [-0.15, -0.1) is 0 Å². The molecule has 0 aromatic carbocycles. The van der Waals surface area contributed by atoms with E-state index in [4.69, 9.17) is 9.47 Å². The maximum absolute atomic E-state index is 12.0. The highest BCUT2D eigenvalue weighted by Gasteiger charge is 2.25. The quantitative estimate of drug-likeness (QED) is 0.853. The Kier molecular flexibility index (Phi) is 6.90. The van der Waals surface area contributed by atoms with E-state index in [9.17, 15) is 9.59 Å². The van der Waals surface area contributed by atoms with E-state index in [0.29, 0.717) is 12.5 Å². The van der Waals surface area contributed by atoms with Crippen molar-refractivity contribution in [2.45, 2.75) is 58.1 Å². The summed E-state index contributed by atoms with van der Waals surface area (Å²) in [6.07, 6.45) is 6.95. The highest BCUT2D eigenvalue weighted by molar-refractivity contribution is 5.68. The van der Waals surface area contributed by atoms with E-state index in [0.717, 1.165) is 62.9 Å². The predicted octanol–water partition coefficient (Wildman–Crippen LogP) is 3.41. The monoisotopic (exact) mass is 375 g/mol. The standard InChI is InChI=1S/C20H29N3O4/c1-15-17(5-4-10-21-15)14-26-19(24)22-18-8-6-16(7-9-18)13-27-20(25)23-11-2-3-12-23/h4-5,10,16,18H,2-3,6-9,11-14H2,1H3,(H,22,24). The molecule has 7 heteroatoms. The fourth-order valence-electron chi connectivity index (χ4n) is 3.68. The second-order valence-electron chi connectivity index (χ2n) is 7.46. The van der Waals surface area contributed by atoms with Crippen LogP contribution in [0.25, 0.3) is 0 Å². The summed E-state index contributed by atoms with van der Waals surface area (Å²) in [5.41, 5.74) is 1.78. The molecule has 148 valence electrons. The Morgan fingerprint density at radius 3 is 2.63 bits per heavy atom. The summed E-state index contributed by atoms with van der Waals surface area (Å²) >= 11 is 0. The Balaban J connectivity index is 1.31. The van der Waals surface area contributed by atoms with Gasteiger partial charge in [-0.2, -0.15) is 0 Å². The third-order valence-corrected chi connectivity index (χ3v) is 5.45. The van der Waals surface area contributed by atoms with E-state index in [1.807, 2.05) is 19.1 Å². The van der Waals surface area contributed by atoms with Crippen molar-refractivity contribution >= 4 is 12.2 Å². The van der Waals surface area contributed by atoms with Gasteiger partial charge in [0, 0.05) is 36.6 Å². The molecule has 2 aliphatic rings. The molecule has 0 unspecified atom stereocenters. The molecule has 3 rings (SSSR count). The van der Waals surface area contributed by atoms with Crippen LogP contribution in [0.4, 0.5) is 9.59 Å². The van der Waals surface area contributed by atoms with E-state index < -0.39 is 0 Å². The molecule has 1 N–H and O–H groups in total. The molecule has 1 aliphatic carbocycles. The molecule has 7 nitrogen and oxygen atoms in total. The van der Waals surface area contributed by atoms with Crippen molar-refractivity contribution in [3.8, 4) is 0 Å². The number of likely N-dealkylation sites (tertiary alicyclic amines) is 1. The van der Waals surface area contributed by atoms with Crippen molar-refractivity contribution in [2.75, 3.05) is 19.7 Å². The third kappa shape index (κ3) is 5.84. The summed E-state index contributed by atoms with van der Waals surface area (Å²) in [6.45, 7) is 4.24. The molecule has 1 aromatic rings. The molecule has 0 bridgehead atoms. The van der Waals surface area contributed by atoms with Gasteiger partial charge in [-0.3, -0.25) is 4.98 Å². The van der Waals surface area contributed by atoms with E-state index >= 15 is 0 Å². The van der Waals surface area contributed by atoms with Crippen LogP contribution in [0.2, 0.25) is 0 Å². The Hall–Kier alpha value is -2.31. The number of carbonyl (C=O) groups excluding carboxylic acids is 2. The van der Waals surface area contributed by atoms with Crippen molar-refractivity contribution in [1.82, 2.24) is 15.2 Å². The molecule has 0 radical (unpaired) electrons. The van der Waals surface area contributed by atoms with Crippen molar-refractivity contribution in [2.24, 2.45) is 5.92 Å². The van der Waals surface area contributed by atoms with Crippen LogP contribution < -0.4 is 5.32 Å². The average Bonchev–Trinajstić information content (AvgIpc) is 3.21. The Morgan fingerprint density at radius 2 is 1.93 bits per heavy atom. The summed E-state index contributed by atoms with van der Waals surface area (Å²) in [7, 11) is 0. The van der Waals surface area contributed by atoms with Gasteiger partial charge in [0.15, 0.2) is 0 Å². The molecule has 27 heavy (non-hydrogen) atoms. The fraction of sp³-hybridized carbons (Fsp3) is 0.650. The van der Waals surface area contributed by atoms with Gasteiger partial charge in [-0.05, 0) is 57.4 Å². The Labute approximate surface area is 160 Å². The zero-order chi connectivity index (χ0) is 19.1. The number of carbonyl (C=O) groups is 2. The number of amides is 2. The van der Waals surface area contributed by atoms with Crippen molar-refractivity contribution in [1.29, 1.82) is 0 Å². The molecule has 1 aliphatic heterocycles. The minimum absolute atomic E-state index is 0.123. The van der Waals surface area contributed by atoms with Crippen LogP contribution >= 0.6 is 0 Å². The number of aromatic nitrogens is 1. The van der Waals surface area contributed by atoms with E-state index in [1.54, 1.807) is 11.1 Å². The summed E-state index contributed by atoms with van der Waals surface area (Å²) in [4.78, 5) is 29.9. The number of hydrogen-bond acceptors (Lipinski definition) is 5. The van der Waals surface area contributed by atoms with E-state index in [2.05, 4.69) is 10.3 Å². The number of nitrogens with zero attached hydrogens (tertiary/aromatic N) is 2. The number of nitrogens with one attached hydrogen (secondary N) is 1. The molecule has 1 saturated heterocycles. The first-order valence-corrected chi connectivity index (χ1v) is 9.87. The smallest absolute Gasteiger partial charge is 0.409 e. The van der Waals surface area contributed by atoms with Crippen LogP contribution in [0.3, 0.4) is 0 Å². The lowest BCUT2D eigenvalue weighted by Crippen LogP contribution is -2.39. The average molecular weight is 375 g/mol. The van der Waals surface area contributed by atoms with Crippen molar-refractivity contribution in [3.05, 3.63) is 29.6 Å². The van der Waals surface area contributed by atoms with Gasteiger partial charge < -0.3 is 19.7 Å².